The lowest BCUT2D eigenvalue weighted by Gasteiger charge is -2.33. The van der Waals surface area contributed by atoms with Crippen LogP contribution in [0.4, 0.5) is 5.69 Å². The molecule has 0 aromatic heterocycles. The molecule has 43 heavy (non-hydrogen) atoms. The highest BCUT2D eigenvalue weighted by atomic mass is 35.5. The van der Waals surface area contributed by atoms with E-state index in [1.54, 1.807) is 38.1 Å². The molecule has 8 nitrogen and oxygen atoms in total. The number of rotatable bonds is 12. The van der Waals surface area contributed by atoms with E-state index in [9.17, 15) is 18.0 Å². The molecule has 0 radical (unpaired) electrons. The molecule has 2 amide bonds. The SMILES string of the molecule is CCOc1ccccc1N(CC(=O)N(Cc1ccccc1C)[C@H](C)C(=O)NC1CCCCC1)S(=O)(=O)c1ccc(Cl)cc1. The van der Waals surface area contributed by atoms with Crippen molar-refractivity contribution < 1.29 is 22.7 Å². The van der Waals surface area contributed by atoms with Crippen molar-refractivity contribution in [2.75, 3.05) is 17.5 Å². The summed E-state index contributed by atoms with van der Waals surface area (Å²) in [5.74, 6) is -0.446. The largest absolute Gasteiger partial charge is 0.492 e. The normalized spacial score (nSPS) is 14.5. The third-order valence-corrected chi connectivity index (χ3v) is 9.86. The first kappa shape index (κ1) is 32.4. The predicted molar refractivity (Wildman–Crippen MR) is 170 cm³/mol. The molecule has 1 fully saturated rings. The van der Waals surface area contributed by atoms with Gasteiger partial charge in [0.05, 0.1) is 17.2 Å². The van der Waals surface area contributed by atoms with Gasteiger partial charge in [-0.25, -0.2) is 8.42 Å². The van der Waals surface area contributed by atoms with E-state index in [-0.39, 0.29) is 29.1 Å². The zero-order valence-electron chi connectivity index (χ0n) is 25.0. The van der Waals surface area contributed by atoms with Crippen LogP contribution in [0, 0.1) is 6.92 Å². The van der Waals surface area contributed by atoms with Gasteiger partial charge in [-0.3, -0.25) is 13.9 Å². The summed E-state index contributed by atoms with van der Waals surface area (Å²) in [6.45, 7) is 5.35. The maximum Gasteiger partial charge on any atom is 0.264 e. The van der Waals surface area contributed by atoms with Crippen molar-refractivity contribution in [2.45, 2.75) is 76.4 Å². The van der Waals surface area contributed by atoms with E-state index in [2.05, 4.69) is 5.32 Å². The molecule has 1 saturated carbocycles. The Kier molecular flexibility index (Phi) is 11.1. The first-order valence-corrected chi connectivity index (χ1v) is 16.6. The summed E-state index contributed by atoms with van der Waals surface area (Å²) >= 11 is 6.05. The number of aryl methyl sites for hydroxylation is 1. The van der Waals surface area contributed by atoms with Crippen LogP contribution >= 0.6 is 11.6 Å². The molecule has 10 heteroatoms. The van der Waals surface area contributed by atoms with Crippen LogP contribution in [0.3, 0.4) is 0 Å². The molecule has 3 aromatic rings. The smallest absolute Gasteiger partial charge is 0.264 e. The van der Waals surface area contributed by atoms with E-state index >= 15 is 0 Å². The Hall–Kier alpha value is -3.56. The van der Waals surface area contributed by atoms with Crippen LogP contribution in [0.2, 0.25) is 5.02 Å². The number of hydrogen-bond acceptors (Lipinski definition) is 5. The van der Waals surface area contributed by atoms with Crippen LogP contribution in [0.15, 0.2) is 77.7 Å². The molecule has 0 aliphatic heterocycles. The van der Waals surface area contributed by atoms with Crippen molar-refractivity contribution in [3.63, 3.8) is 0 Å². The fourth-order valence-corrected chi connectivity index (χ4v) is 6.86. The zero-order valence-corrected chi connectivity index (χ0v) is 26.5. The van der Waals surface area contributed by atoms with Crippen molar-refractivity contribution in [1.29, 1.82) is 0 Å². The van der Waals surface area contributed by atoms with E-state index in [0.29, 0.717) is 17.4 Å². The summed E-state index contributed by atoms with van der Waals surface area (Å²) in [7, 11) is -4.24. The minimum Gasteiger partial charge on any atom is -0.492 e. The Labute approximate surface area is 260 Å². The van der Waals surface area contributed by atoms with Crippen molar-refractivity contribution in [2.24, 2.45) is 0 Å². The standard InChI is InChI=1S/C33H40ClN3O5S/c1-4-42-31-17-11-10-16-30(31)37(43(40,41)29-20-18-27(34)19-21-29)23-32(38)36(22-26-13-9-8-12-24(26)2)25(3)33(39)35-28-14-6-5-7-15-28/h8-13,16-21,25,28H,4-7,14-15,22-23H2,1-3H3,(H,35,39)/t25-/m1/s1. The van der Waals surface area contributed by atoms with Crippen LogP contribution in [-0.4, -0.2) is 50.4 Å². The predicted octanol–water partition coefficient (Wildman–Crippen LogP) is 6.11. The van der Waals surface area contributed by atoms with Gasteiger partial charge in [-0.15, -0.1) is 0 Å². The van der Waals surface area contributed by atoms with Gasteiger partial charge in [0.15, 0.2) is 0 Å². The van der Waals surface area contributed by atoms with Gasteiger partial charge < -0.3 is 15.0 Å². The van der Waals surface area contributed by atoms with Crippen LogP contribution in [0.5, 0.6) is 5.75 Å². The molecule has 1 aliphatic carbocycles. The Bertz CT molecular complexity index is 1510. The highest BCUT2D eigenvalue weighted by Crippen LogP contribution is 2.33. The molecule has 0 bridgehead atoms. The van der Waals surface area contributed by atoms with Crippen molar-refractivity contribution in [3.8, 4) is 5.75 Å². The molecule has 1 N–H and O–H groups in total. The third kappa shape index (κ3) is 8.09. The highest BCUT2D eigenvalue weighted by Gasteiger charge is 2.34. The van der Waals surface area contributed by atoms with E-state index in [0.717, 1.165) is 47.5 Å². The summed E-state index contributed by atoms with van der Waals surface area (Å²) in [4.78, 5) is 29.2. The summed E-state index contributed by atoms with van der Waals surface area (Å²) < 4.78 is 35.1. The molecule has 0 heterocycles. The lowest BCUT2D eigenvalue weighted by molar-refractivity contribution is -0.139. The van der Waals surface area contributed by atoms with Gasteiger partial charge in [0.2, 0.25) is 11.8 Å². The fraction of sp³-hybridized carbons (Fsp3) is 0.394. The molecule has 4 rings (SSSR count). The van der Waals surface area contributed by atoms with Gasteiger partial charge in [0, 0.05) is 17.6 Å². The second kappa shape index (κ2) is 14.8. The van der Waals surface area contributed by atoms with Crippen LogP contribution in [0.1, 0.15) is 57.1 Å². The molecule has 0 spiro atoms. The van der Waals surface area contributed by atoms with Gasteiger partial charge >= 0.3 is 0 Å². The molecule has 3 aromatic carbocycles. The van der Waals surface area contributed by atoms with Gasteiger partial charge in [-0.05, 0) is 81.1 Å². The summed E-state index contributed by atoms with van der Waals surface area (Å²) in [6, 6.07) is 19.4. The fourth-order valence-electron chi connectivity index (χ4n) is 5.31. The number of sulfonamides is 1. The highest BCUT2D eigenvalue weighted by molar-refractivity contribution is 7.92. The topological polar surface area (TPSA) is 96.0 Å². The Morgan fingerprint density at radius 1 is 0.977 bits per heavy atom. The van der Waals surface area contributed by atoms with Gasteiger partial charge in [0.1, 0.15) is 18.3 Å². The van der Waals surface area contributed by atoms with Crippen molar-refractivity contribution in [3.05, 3.63) is 88.9 Å². The lowest BCUT2D eigenvalue weighted by atomic mass is 9.95. The average Bonchev–Trinajstić information content (AvgIpc) is 3.00. The van der Waals surface area contributed by atoms with Gasteiger partial charge in [-0.2, -0.15) is 0 Å². The van der Waals surface area contributed by atoms with Gasteiger partial charge in [0.25, 0.3) is 10.0 Å². The maximum absolute atomic E-state index is 14.3. The number of carbonyl (C=O) groups excluding carboxylic acids is 2. The van der Waals surface area contributed by atoms with Crippen LogP contribution in [-0.2, 0) is 26.2 Å². The molecule has 0 saturated heterocycles. The number of ether oxygens (including phenoxy) is 1. The molecule has 1 aliphatic rings. The number of anilines is 1. The van der Waals surface area contributed by atoms with E-state index < -0.39 is 28.5 Å². The molecule has 1 atom stereocenters. The maximum atomic E-state index is 14.3. The Morgan fingerprint density at radius 3 is 2.30 bits per heavy atom. The number of nitrogens with zero attached hydrogens (tertiary/aromatic N) is 2. The minimum atomic E-state index is -4.24. The average molecular weight is 626 g/mol. The number of nitrogens with one attached hydrogen (secondary N) is 1. The number of para-hydroxylation sites is 2. The molecule has 230 valence electrons. The zero-order chi connectivity index (χ0) is 31.0. The number of hydrogen-bond donors (Lipinski definition) is 1. The number of amides is 2. The van der Waals surface area contributed by atoms with E-state index in [1.165, 1.54) is 29.2 Å². The Morgan fingerprint density at radius 2 is 1.63 bits per heavy atom. The number of halogens is 1. The lowest BCUT2D eigenvalue weighted by Crippen LogP contribution is -2.53. The Balaban J connectivity index is 1.72. The van der Waals surface area contributed by atoms with Crippen molar-refractivity contribution in [1.82, 2.24) is 10.2 Å². The van der Waals surface area contributed by atoms with Gasteiger partial charge in [-0.1, -0.05) is 67.3 Å². The molecule has 0 unspecified atom stereocenters. The summed E-state index contributed by atoms with van der Waals surface area (Å²) in [5, 5.41) is 3.52. The second-order valence-electron chi connectivity index (χ2n) is 10.8. The monoisotopic (exact) mass is 625 g/mol. The number of carbonyl (C=O) groups is 2. The summed E-state index contributed by atoms with van der Waals surface area (Å²) in [5.41, 5.74) is 2.06. The van der Waals surface area contributed by atoms with Crippen LogP contribution < -0.4 is 14.4 Å². The second-order valence-corrected chi connectivity index (χ2v) is 13.1. The van der Waals surface area contributed by atoms with E-state index in [4.69, 9.17) is 16.3 Å². The first-order chi connectivity index (χ1) is 20.6. The third-order valence-electron chi connectivity index (χ3n) is 7.84. The summed E-state index contributed by atoms with van der Waals surface area (Å²) in [6.07, 6.45) is 5.09. The molecular weight excluding hydrogens is 586 g/mol. The molecular formula is C33H40ClN3O5S. The van der Waals surface area contributed by atoms with E-state index in [1.807, 2.05) is 31.2 Å². The van der Waals surface area contributed by atoms with Crippen molar-refractivity contribution >= 4 is 39.1 Å². The first-order valence-electron chi connectivity index (χ1n) is 14.8. The van der Waals surface area contributed by atoms with Crippen LogP contribution in [0.25, 0.3) is 0 Å². The quantitative estimate of drug-likeness (QED) is 0.262. The minimum absolute atomic E-state index is 0.0236. The number of benzene rings is 3.